The summed E-state index contributed by atoms with van der Waals surface area (Å²) in [4.78, 5) is 0. The van der Waals surface area contributed by atoms with Crippen LogP contribution in [0.15, 0.2) is 0 Å². The lowest BCUT2D eigenvalue weighted by Gasteiger charge is -2.65. The molecule has 30 heavy (non-hydrogen) atoms. The standard InChI is InChI=1S/C27H49NO2/c1-17(2)7-6-8-18(3)20-9-10-21-19-11-16-27(30)24(29)23(28)13-15-26(27,5)22(19)12-14-25(20,21)4/h17-24,29-30H,6-16,28H2,1-5H3/t18-,19?,20-,21?,22?,23-,24-,25-,26-,27-/m1/s1. The lowest BCUT2D eigenvalue weighted by atomic mass is 9.42. The van der Waals surface area contributed by atoms with Crippen LogP contribution in [0.25, 0.3) is 0 Å². The topological polar surface area (TPSA) is 66.5 Å². The molecular weight excluding hydrogens is 370 g/mol. The molecule has 3 nitrogen and oxygen atoms in total. The van der Waals surface area contributed by atoms with Gasteiger partial charge in [-0.25, -0.2) is 0 Å². The minimum atomic E-state index is -0.984. The van der Waals surface area contributed by atoms with Gasteiger partial charge >= 0.3 is 0 Å². The van der Waals surface area contributed by atoms with E-state index in [4.69, 9.17) is 5.73 Å². The molecule has 0 saturated heterocycles. The van der Waals surface area contributed by atoms with Crippen molar-refractivity contribution in [3.63, 3.8) is 0 Å². The molecule has 0 aliphatic heterocycles. The van der Waals surface area contributed by atoms with Gasteiger partial charge in [-0.15, -0.1) is 0 Å². The lowest BCUT2D eigenvalue weighted by Crippen LogP contribution is -2.70. The van der Waals surface area contributed by atoms with E-state index in [0.29, 0.717) is 11.3 Å². The maximum atomic E-state index is 11.7. The van der Waals surface area contributed by atoms with Gasteiger partial charge in [0, 0.05) is 11.5 Å². The molecule has 0 heterocycles. The largest absolute Gasteiger partial charge is 0.388 e. The summed E-state index contributed by atoms with van der Waals surface area (Å²) >= 11 is 0. The monoisotopic (exact) mass is 419 g/mol. The van der Waals surface area contributed by atoms with Crippen LogP contribution >= 0.6 is 0 Å². The molecule has 4 saturated carbocycles. The maximum Gasteiger partial charge on any atom is 0.0982 e. The van der Waals surface area contributed by atoms with E-state index < -0.39 is 11.7 Å². The van der Waals surface area contributed by atoms with Crippen LogP contribution in [0.2, 0.25) is 0 Å². The molecule has 4 aliphatic carbocycles. The van der Waals surface area contributed by atoms with Crippen molar-refractivity contribution < 1.29 is 10.2 Å². The van der Waals surface area contributed by atoms with E-state index in [0.717, 1.165) is 55.3 Å². The third-order valence-electron chi connectivity index (χ3n) is 11.2. The van der Waals surface area contributed by atoms with E-state index in [1.165, 1.54) is 44.9 Å². The summed E-state index contributed by atoms with van der Waals surface area (Å²) in [5, 5.41) is 22.6. The van der Waals surface area contributed by atoms with Crippen LogP contribution in [0.3, 0.4) is 0 Å². The summed E-state index contributed by atoms with van der Waals surface area (Å²) in [6.07, 6.45) is 12.3. The number of hydrogen-bond acceptors (Lipinski definition) is 3. The molecule has 174 valence electrons. The van der Waals surface area contributed by atoms with E-state index in [2.05, 4.69) is 34.6 Å². The Hall–Kier alpha value is -0.120. The van der Waals surface area contributed by atoms with E-state index in [-0.39, 0.29) is 11.5 Å². The van der Waals surface area contributed by atoms with Crippen molar-refractivity contribution in [2.24, 2.45) is 52.1 Å². The Balaban J connectivity index is 1.51. The molecule has 0 aromatic carbocycles. The van der Waals surface area contributed by atoms with Gasteiger partial charge in [0.05, 0.1) is 11.7 Å². The van der Waals surface area contributed by atoms with Crippen LogP contribution in [0, 0.1) is 46.3 Å². The molecule has 10 atom stereocenters. The molecular formula is C27H49NO2. The van der Waals surface area contributed by atoms with Crippen molar-refractivity contribution in [2.75, 3.05) is 0 Å². The number of aliphatic hydroxyl groups is 2. The SMILES string of the molecule is CC(C)CCC[C@@H](C)[C@H]1CCC2C3CC[C@@]4(O)[C@H](O)[C@H](N)CC[C@]4(C)C3CC[C@@]21C. The van der Waals surface area contributed by atoms with Crippen molar-refractivity contribution in [2.45, 2.75) is 123 Å². The first kappa shape index (κ1) is 23.1. The van der Waals surface area contributed by atoms with Gasteiger partial charge in [0.2, 0.25) is 0 Å². The maximum absolute atomic E-state index is 11.7. The Bertz CT molecular complexity index is 622. The first-order valence-electron chi connectivity index (χ1n) is 13.2. The molecule has 0 radical (unpaired) electrons. The summed E-state index contributed by atoms with van der Waals surface area (Å²) in [6, 6.07) is -0.268. The number of aliphatic hydroxyl groups excluding tert-OH is 1. The van der Waals surface area contributed by atoms with Gasteiger partial charge in [-0.05, 0) is 92.3 Å². The van der Waals surface area contributed by atoms with Gasteiger partial charge in [-0.3, -0.25) is 0 Å². The summed E-state index contributed by atoms with van der Waals surface area (Å²) in [7, 11) is 0. The highest BCUT2D eigenvalue weighted by atomic mass is 16.3. The fourth-order valence-corrected chi connectivity index (χ4v) is 9.37. The predicted molar refractivity (Wildman–Crippen MR) is 124 cm³/mol. The van der Waals surface area contributed by atoms with Gasteiger partial charge in [0.15, 0.2) is 0 Å². The molecule has 4 aliphatic rings. The van der Waals surface area contributed by atoms with Gasteiger partial charge in [0.1, 0.15) is 0 Å². The quantitative estimate of drug-likeness (QED) is 0.549. The third-order valence-corrected chi connectivity index (χ3v) is 11.2. The van der Waals surface area contributed by atoms with Crippen molar-refractivity contribution in [3.8, 4) is 0 Å². The highest BCUT2D eigenvalue weighted by Gasteiger charge is 2.66. The Morgan fingerprint density at radius 3 is 2.33 bits per heavy atom. The molecule has 0 aromatic rings. The summed E-state index contributed by atoms with van der Waals surface area (Å²) in [5.74, 6) is 4.61. The summed E-state index contributed by atoms with van der Waals surface area (Å²) < 4.78 is 0. The minimum Gasteiger partial charge on any atom is -0.388 e. The highest BCUT2D eigenvalue weighted by Crippen LogP contribution is 2.69. The van der Waals surface area contributed by atoms with E-state index >= 15 is 0 Å². The fourth-order valence-electron chi connectivity index (χ4n) is 9.37. The number of fused-ring (bicyclic) bond motifs is 5. The van der Waals surface area contributed by atoms with E-state index in [1.807, 2.05) is 0 Å². The van der Waals surface area contributed by atoms with E-state index in [1.54, 1.807) is 0 Å². The summed E-state index contributed by atoms with van der Waals surface area (Å²) in [6.45, 7) is 12.1. The zero-order valence-electron chi connectivity index (χ0n) is 20.4. The zero-order valence-corrected chi connectivity index (χ0v) is 20.4. The molecule has 4 fully saturated rings. The van der Waals surface area contributed by atoms with Crippen LogP contribution in [0.1, 0.15) is 105 Å². The smallest absolute Gasteiger partial charge is 0.0982 e. The van der Waals surface area contributed by atoms with Gasteiger partial charge in [-0.1, -0.05) is 53.9 Å². The first-order chi connectivity index (χ1) is 14.0. The van der Waals surface area contributed by atoms with Crippen LogP contribution in [-0.2, 0) is 0 Å². The number of hydrogen-bond donors (Lipinski definition) is 3. The molecule has 3 unspecified atom stereocenters. The number of rotatable bonds is 5. The van der Waals surface area contributed by atoms with Crippen LogP contribution < -0.4 is 5.73 Å². The van der Waals surface area contributed by atoms with Gasteiger partial charge < -0.3 is 15.9 Å². The Morgan fingerprint density at radius 2 is 1.63 bits per heavy atom. The molecule has 4 rings (SSSR count). The molecule has 4 N–H and O–H groups in total. The second-order valence-corrected chi connectivity index (χ2v) is 12.9. The van der Waals surface area contributed by atoms with Crippen molar-refractivity contribution in [1.29, 1.82) is 0 Å². The average molecular weight is 420 g/mol. The Kier molecular flexibility index (Phi) is 6.17. The minimum absolute atomic E-state index is 0.173. The Morgan fingerprint density at radius 1 is 0.900 bits per heavy atom. The zero-order chi connectivity index (χ0) is 21.9. The Labute approximate surface area is 185 Å². The molecule has 0 amide bonds. The van der Waals surface area contributed by atoms with E-state index in [9.17, 15) is 10.2 Å². The van der Waals surface area contributed by atoms with Crippen LogP contribution in [0.5, 0.6) is 0 Å². The van der Waals surface area contributed by atoms with Crippen molar-refractivity contribution >= 4 is 0 Å². The fraction of sp³-hybridized carbons (Fsp3) is 1.00. The van der Waals surface area contributed by atoms with Gasteiger partial charge in [0.25, 0.3) is 0 Å². The van der Waals surface area contributed by atoms with Crippen molar-refractivity contribution in [3.05, 3.63) is 0 Å². The molecule has 0 spiro atoms. The second kappa shape index (κ2) is 8.03. The normalized spacial score (nSPS) is 51.9. The molecule has 3 heteroatoms. The lowest BCUT2D eigenvalue weighted by molar-refractivity contribution is -0.249. The summed E-state index contributed by atoms with van der Waals surface area (Å²) in [5.41, 5.74) is 5.53. The van der Waals surface area contributed by atoms with Crippen molar-refractivity contribution in [1.82, 2.24) is 0 Å². The third kappa shape index (κ3) is 3.32. The van der Waals surface area contributed by atoms with Gasteiger partial charge in [-0.2, -0.15) is 0 Å². The predicted octanol–water partition coefficient (Wildman–Crippen LogP) is 5.52. The van der Waals surface area contributed by atoms with Crippen LogP contribution in [0.4, 0.5) is 0 Å². The second-order valence-electron chi connectivity index (χ2n) is 12.9. The highest BCUT2D eigenvalue weighted by molar-refractivity contribution is 5.17. The number of nitrogens with two attached hydrogens (primary N) is 1. The van der Waals surface area contributed by atoms with Crippen LogP contribution in [-0.4, -0.2) is 28.0 Å². The average Bonchev–Trinajstić information content (AvgIpc) is 3.04. The molecule has 0 aromatic heterocycles. The molecule has 0 bridgehead atoms. The first-order valence-corrected chi connectivity index (χ1v) is 13.2.